The number of carboxylic acids is 1. The van der Waals surface area contributed by atoms with E-state index < -0.39 is 12.6 Å². The molecule has 3 atom stereocenters. The van der Waals surface area contributed by atoms with E-state index >= 15 is 0 Å². The molecule has 0 spiro atoms. The molecule has 1 aliphatic carbocycles. The average molecular weight is 430 g/mol. The lowest BCUT2D eigenvalue weighted by molar-refractivity contribution is -0.139. The van der Waals surface area contributed by atoms with Crippen LogP contribution in [-0.2, 0) is 9.59 Å². The molecule has 1 fully saturated rings. The topological polar surface area (TPSA) is 118 Å². The number of carboxylic acid groups (broad SMARTS) is 1. The van der Waals surface area contributed by atoms with Gasteiger partial charge in [-0.25, -0.2) is 4.79 Å². The minimum atomic E-state index is -1.09. The molecule has 1 aromatic heterocycles. The molecule has 8 nitrogen and oxygen atoms in total. The highest BCUT2D eigenvalue weighted by molar-refractivity contribution is 7.71. The molecule has 0 radical (unpaired) electrons. The highest BCUT2D eigenvalue weighted by Gasteiger charge is 2.48. The zero-order valence-corrected chi connectivity index (χ0v) is 17.3. The van der Waals surface area contributed by atoms with E-state index in [0.29, 0.717) is 28.1 Å². The molecule has 1 amide bonds. The number of nitrogens with one attached hydrogen (secondary N) is 2. The van der Waals surface area contributed by atoms with E-state index in [0.717, 1.165) is 5.56 Å². The molecule has 1 saturated carbocycles. The van der Waals surface area contributed by atoms with E-state index in [1.807, 2.05) is 6.92 Å². The smallest absolute Gasteiger partial charge is 0.341 e. The Kier molecular flexibility index (Phi) is 6.51. The number of ether oxygens (including phenoxy) is 2. The summed E-state index contributed by atoms with van der Waals surface area (Å²) in [7, 11) is 1.45. The highest BCUT2D eigenvalue weighted by Crippen LogP contribution is 2.41. The van der Waals surface area contributed by atoms with Gasteiger partial charge in [0.1, 0.15) is 4.64 Å². The molecule has 0 bridgehead atoms. The van der Waals surface area contributed by atoms with E-state index in [-0.39, 0.29) is 29.6 Å². The third-order valence-electron chi connectivity index (χ3n) is 4.95. The first kappa shape index (κ1) is 21.5. The van der Waals surface area contributed by atoms with Gasteiger partial charge in [0.05, 0.1) is 18.7 Å². The van der Waals surface area contributed by atoms with Gasteiger partial charge in [-0.15, -0.1) is 0 Å². The molecule has 1 aliphatic rings. The molecule has 3 N–H and O–H groups in total. The predicted octanol–water partition coefficient (Wildman–Crippen LogP) is 2.91. The summed E-state index contributed by atoms with van der Waals surface area (Å²) in [4.78, 5) is 38.7. The molecule has 2 aromatic rings. The van der Waals surface area contributed by atoms with E-state index in [1.165, 1.54) is 7.11 Å². The normalized spacial score (nSPS) is 18.2. The molecule has 0 aliphatic heterocycles. The van der Waals surface area contributed by atoms with Gasteiger partial charge in [0.25, 0.3) is 0 Å². The zero-order chi connectivity index (χ0) is 21.8. The van der Waals surface area contributed by atoms with Crippen molar-refractivity contribution in [3.63, 3.8) is 0 Å². The van der Waals surface area contributed by atoms with Gasteiger partial charge in [0.2, 0.25) is 5.91 Å². The Labute approximate surface area is 178 Å². The van der Waals surface area contributed by atoms with Crippen LogP contribution >= 0.6 is 12.2 Å². The number of rotatable bonds is 9. The standard InChI is InChI=1S/C21H22N2O6S/c1-11(12-5-6-16(17(8-12)28-2)29-10-18(24)25)23-20(27)15-9-14(15)19(26)13-4-3-7-22-21(13)30/h3-8,11,14-15H,9-10H2,1-2H3,(H,22,30)(H,23,27)(H,24,25). The molecule has 0 saturated heterocycles. The summed E-state index contributed by atoms with van der Waals surface area (Å²) < 4.78 is 10.8. The molecule has 3 rings (SSSR count). The predicted molar refractivity (Wildman–Crippen MR) is 110 cm³/mol. The van der Waals surface area contributed by atoms with Crippen LogP contribution in [0.5, 0.6) is 11.5 Å². The second kappa shape index (κ2) is 9.08. The Morgan fingerprint density at radius 3 is 2.70 bits per heavy atom. The number of H-pyrrole nitrogens is 1. The monoisotopic (exact) mass is 430 g/mol. The second-order valence-electron chi connectivity index (χ2n) is 7.05. The minimum Gasteiger partial charge on any atom is -0.493 e. The number of carbonyl (C=O) groups excluding carboxylic acids is 2. The van der Waals surface area contributed by atoms with Crippen LogP contribution in [0.1, 0.15) is 35.3 Å². The quantitative estimate of drug-likeness (QED) is 0.413. The largest absolute Gasteiger partial charge is 0.493 e. The number of hydrogen-bond acceptors (Lipinski definition) is 6. The summed E-state index contributed by atoms with van der Waals surface area (Å²) in [6.07, 6.45) is 2.15. The van der Waals surface area contributed by atoms with Crippen molar-refractivity contribution < 1.29 is 29.0 Å². The SMILES string of the molecule is COc1cc(C(C)NC(=O)C2CC2C(=O)c2ccc[nH]c2=S)ccc1OCC(=O)O. The van der Waals surface area contributed by atoms with Crippen molar-refractivity contribution in [3.05, 3.63) is 52.3 Å². The van der Waals surface area contributed by atoms with Crippen LogP contribution in [0.15, 0.2) is 36.5 Å². The van der Waals surface area contributed by atoms with Crippen molar-refractivity contribution in [1.82, 2.24) is 10.3 Å². The van der Waals surface area contributed by atoms with Crippen LogP contribution in [-0.4, -0.2) is 41.5 Å². The molecule has 1 aromatic carbocycles. The maximum atomic E-state index is 12.6. The van der Waals surface area contributed by atoms with Gasteiger partial charge in [0, 0.05) is 18.0 Å². The number of pyridine rings is 1. The third-order valence-corrected chi connectivity index (χ3v) is 5.28. The number of aliphatic carboxylic acids is 1. The maximum Gasteiger partial charge on any atom is 0.341 e. The van der Waals surface area contributed by atoms with Gasteiger partial charge in [-0.3, -0.25) is 9.59 Å². The van der Waals surface area contributed by atoms with Crippen molar-refractivity contribution in [2.45, 2.75) is 19.4 Å². The van der Waals surface area contributed by atoms with Crippen molar-refractivity contribution >= 4 is 29.9 Å². The summed E-state index contributed by atoms with van der Waals surface area (Å²) in [5.41, 5.74) is 1.19. The van der Waals surface area contributed by atoms with Crippen LogP contribution in [0.25, 0.3) is 0 Å². The number of methoxy groups -OCH3 is 1. The summed E-state index contributed by atoms with van der Waals surface area (Å²) in [6, 6.07) is 8.04. The fraction of sp³-hybridized carbons (Fsp3) is 0.333. The summed E-state index contributed by atoms with van der Waals surface area (Å²) >= 11 is 5.15. The van der Waals surface area contributed by atoms with Gasteiger partial charge < -0.3 is 24.9 Å². The fourth-order valence-corrected chi connectivity index (χ4v) is 3.44. The van der Waals surface area contributed by atoms with Gasteiger partial charge in [-0.2, -0.15) is 0 Å². The second-order valence-corrected chi connectivity index (χ2v) is 7.46. The van der Waals surface area contributed by atoms with Gasteiger partial charge >= 0.3 is 5.97 Å². The van der Waals surface area contributed by atoms with Crippen LogP contribution in [0.2, 0.25) is 0 Å². The number of hydrogen-bond donors (Lipinski definition) is 3. The molecule has 30 heavy (non-hydrogen) atoms. The Morgan fingerprint density at radius 1 is 1.27 bits per heavy atom. The third kappa shape index (κ3) is 4.85. The lowest BCUT2D eigenvalue weighted by Crippen LogP contribution is -2.29. The first-order chi connectivity index (χ1) is 14.3. The van der Waals surface area contributed by atoms with Crippen molar-refractivity contribution in [3.8, 4) is 11.5 Å². The number of Topliss-reactive ketones (excluding diaryl/α,β-unsaturated/α-hetero) is 1. The van der Waals surface area contributed by atoms with Crippen LogP contribution < -0.4 is 14.8 Å². The molecular formula is C21H22N2O6S. The summed E-state index contributed by atoms with van der Waals surface area (Å²) in [5, 5.41) is 11.7. The summed E-state index contributed by atoms with van der Waals surface area (Å²) in [6.45, 7) is 1.33. The van der Waals surface area contributed by atoms with Crippen molar-refractivity contribution in [1.29, 1.82) is 0 Å². The van der Waals surface area contributed by atoms with Crippen LogP contribution in [0.3, 0.4) is 0 Å². The molecule has 1 heterocycles. The molecule has 3 unspecified atom stereocenters. The number of amides is 1. The van der Waals surface area contributed by atoms with Gasteiger partial charge in [0.15, 0.2) is 23.9 Å². The first-order valence-electron chi connectivity index (χ1n) is 9.36. The van der Waals surface area contributed by atoms with E-state index in [4.69, 9.17) is 26.8 Å². The maximum absolute atomic E-state index is 12.6. The molecule has 9 heteroatoms. The van der Waals surface area contributed by atoms with E-state index in [1.54, 1.807) is 36.5 Å². The minimum absolute atomic E-state index is 0.119. The number of benzene rings is 1. The zero-order valence-electron chi connectivity index (χ0n) is 16.5. The van der Waals surface area contributed by atoms with Crippen molar-refractivity contribution in [2.75, 3.05) is 13.7 Å². The first-order valence-corrected chi connectivity index (χ1v) is 9.77. The van der Waals surface area contributed by atoms with Gasteiger partial charge in [-0.1, -0.05) is 18.3 Å². The number of ketones is 1. The van der Waals surface area contributed by atoms with Crippen molar-refractivity contribution in [2.24, 2.45) is 11.8 Å². The Bertz CT molecular complexity index is 1030. The number of aromatic amines is 1. The number of carbonyl (C=O) groups is 3. The lowest BCUT2D eigenvalue weighted by atomic mass is 10.1. The van der Waals surface area contributed by atoms with Crippen LogP contribution in [0.4, 0.5) is 0 Å². The molecule has 158 valence electrons. The van der Waals surface area contributed by atoms with E-state index in [2.05, 4.69) is 10.3 Å². The Hall–Kier alpha value is -3.20. The van der Waals surface area contributed by atoms with E-state index in [9.17, 15) is 14.4 Å². The van der Waals surface area contributed by atoms with Crippen LogP contribution in [0, 0.1) is 16.5 Å². The average Bonchev–Trinajstić information content (AvgIpc) is 3.53. The van der Waals surface area contributed by atoms with Gasteiger partial charge in [-0.05, 0) is 43.2 Å². The Morgan fingerprint density at radius 2 is 2.03 bits per heavy atom. The Balaban J connectivity index is 1.62. The number of aromatic nitrogens is 1. The summed E-state index contributed by atoms with van der Waals surface area (Å²) in [5.74, 6) is -1.48. The molecular weight excluding hydrogens is 408 g/mol. The highest BCUT2D eigenvalue weighted by atomic mass is 32.1. The lowest BCUT2D eigenvalue weighted by Gasteiger charge is -2.17. The fourth-order valence-electron chi connectivity index (χ4n) is 3.21.